The molecule has 38 heavy (non-hydrogen) atoms. The number of hydrogen-bond donors (Lipinski definition) is 2. The number of nitrogens with zero attached hydrogens (tertiary/aromatic N) is 3. The molecule has 0 fully saturated rings. The van der Waals surface area contributed by atoms with E-state index in [1.807, 2.05) is 30.5 Å². The first-order valence-corrected chi connectivity index (χ1v) is 14.5. The molecule has 0 spiro atoms. The number of benzene rings is 2. The Kier molecular flexibility index (Phi) is 10.8. The predicted octanol–water partition coefficient (Wildman–Crippen LogP) is 7.40. The van der Waals surface area contributed by atoms with Crippen LogP contribution < -0.4 is 10.6 Å². The zero-order chi connectivity index (χ0) is 28.0. The number of aromatic nitrogens is 3. The first kappa shape index (κ1) is 30.2. The number of thioether (sulfide) groups is 1. The van der Waals surface area contributed by atoms with E-state index in [0.717, 1.165) is 21.3 Å². The van der Waals surface area contributed by atoms with Gasteiger partial charge in [0.1, 0.15) is 0 Å². The molecule has 1 heterocycles. The molecule has 0 saturated carbocycles. The van der Waals surface area contributed by atoms with Gasteiger partial charge >= 0.3 is 0 Å². The van der Waals surface area contributed by atoms with E-state index >= 15 is 0 Å². The SMILES string of the molecule is C=CCn1c(SCC(=O)Nc2ccc(Br)c(C)c2C)nnc1[C@@H](CC(C)C)NC(=O)c1ccc(Cl)cc1Cl. The van der Waals surface area contributed by atoms with Crippen LogP contribution >= 0.6 is 50.9 Å². The van der Waals surface area contributed by atoms with Gasteiger partial charge in [0.25, 0.3) is 5.91 Å². The molecule has 2 aromatic carbocycles. The van der Waals surface area contributed by atoms with Crippen LogP contribution in [0.3, 0.4) is 0 Å². The van der Waals surface area contributed by atoms with Gasteiger partial charge in [-0.05, 0) is 67.6 Å². The molecule has 1 aromatic heterocycles. The molecule has 0 unspecified atom stereocenters. The van der Waals surface area contributed by atoms with Crippen molar-refractivity contribution in [3.8, 4) is 0 Å². The van der Waals surface area contributed by atoms with Gasteiger partial charge in [0, 0.05) is 21.7 Å². The van der Waals surface area contributed by atoms with Crippen molar-refractivity contribution in [3.05, 3.63) is 80.0 Å². The number of allylic oxidation sites excluding steroid dienone is 1. The number of rotatable bonds is 11. The van der Waals surface area contributed by atoms with Gasteiger partial charge in [-0.3, -0.25) is 9.59 Å². The van der Waals surface area contributed by atoms with E-state index in [9.17, 15) is 9.59 Å². The van der Waals surface area contributed by atoms with Gasteiger partial charge in [0.2, 0.25) is 5.91 Å². The minimum absolute atomic E-state index is 0.144. The first-order chi connectivity index (χ1) is 18.0. The molecule has 2 N–H and O–H groups in total. The maximum atomic E-state index is 13.1. The van der Waals surface area contributed by atoms with Gasteiger partial charge in [-0.15, -0.1) is 16.8 Å². The quantitative estimate of drug-likeness (QED) is 0.169. The second-order valence-electron chi connectivity index (χ2n) is 9.20. The summed E-state index contributed by atoms with van der Waals surface area (Å²) < 4.78 is 2.87. The Morgan fingerprint density at radius 1 is 1.16 bits per heavy atom. The molecule has 0 bridgehead atoms. The van der Waals surface area contributed by atoms with Crippen LogP contribution in [0.4, 0.5) is 5.69 Å². The van der Waals surface area contributed by atoms with E-state index in [-0.39, 0.29) is 28.5 Å². The molecule has 0 aliphatic carbocycles. The van der Waals surface area contributed by atoms with Gasteiger partial charge in [-0.25, -0.2) is 0 Å². The lowest BCUT2D eigenvalue weighted by atomic mass is 10.0. The van der Waals surface area contributed by atoms with Crippen molar-refractivity contribution in [3.63, 3.8) is 0 Å². The molecule has 202 valence electrons. The minimum atomic E-state index is -0.432. The maximum absolute atomic E-state index is 13.1. The third-order valence-corrected chi connectivity index (χ3v) is 8.26. The average Bonchev–Trinajstić information content (AvgIpc) is 3.25. The van der Waals surface area contributed by atoms with E-state index in [1.54, 1.807) is 18.2 Å². The zero-order valence-electron chi connectivity index (χ0n) is 21.6. The largest absolute Gasteiger partial charge is 0.342 e. The fourth-order valence-electron chi connectivity index (χ4n) is 3.81. The van der Waals surface area contributed by atoms with E-state index in [0.29, 0.717) is 34.5 Å². The topological polar surface area (TPSA) is 88.9 Å². The van der Waals surface area contributed by atoms with Crippen molar-refractivity contribution in [2.45, 2.75) is 51.9 Å². The third kappa shape index (κ3) is 7.62. The Morgan fingerprint density at radius 3 is 2.55 bits per heavy atom. The molecule has 2 amide bonds. The number of carbonyl (C=O) groups is 2. The fraction of sp³-hybridized carbons (Fsp3) is 0.333. The van der Waals surface area contributed by atoms with Crippen LogP contribution in [-0.2, 0) is 11.3 Å². The number of nitrogens with one attached hydrogen (secondary N) is 2. The Labute approximate surface area is 245 Å². The smallest absolute Gasteiger partial charge is 0.253 e. The van der Waals surface area contributed by atoms with E-state index < -0.39 is 6.04 Å². The summed E-state index contributed by atoms with van der Waals surface area (Å²) in [4.78, 5) is 25.8. The summed E-state index contributed by atoms with van der Waals surface area (Å²) in [5.74, 6) is 0.498. The van der Waals surface area contributed by atoms with Gasteiger partial charge in [0.15, 0.2) is 11.0 Å². The lowest BCUT2D eigenvalue weighted by Crippen LogP contribution is -2.32. The van der Waals surface area contributed by atoms with Crippen molar-refractivity contribution >= 4 is 68.4 Å². The molecule has 3 aromatic rings. The number of hydrogen-bond acceptors (Lipinski definition) is 5. The summed E-state index contributed by atoms with van der Waals surface area (Å²) in [6.07, 6.45) is 2.36. The Hall–Kier alpha value is -2.33. The van der Waals surface area contributed by atoms with E-state index in [4.69, 9.17) is 23.2 Å². The maximum Gasteiger partial charge on any atom is 0.253 e. The molecule has 3 rings (SSSR count). The molecular formula is C27H30BrCl2N5O2S. The van der Waals surface area contributed by atoms with E-state index in [2.05, 4.69) is 57.2 Å². The van der Waals surface area contributed by atoms with Crippen LogP contribution in [0, 0.1) is 19.8 Å². The fourth-order valence-corrected chi connectivity index (χ4v) is 5.49. The lowest BCUT2D eigenvalue weighted by Gasteiger charge is -2.21. The zero-order valence-corrected chi connectivity index (χ0v) is 25.6. The summed E-state index contributed by atoms with van der Waals surface area (Å²) in [6, 6.07) is 8.11. The van der Waals surface area contributed by atoms with Crippen LogP contribution in [0.5, 0.6) is 0 Å². The van der Waals surface area contributed by atoms with Crippen LogP contribution in [0.2, 0.25) is 10.0 Å². The predicted molar refractivity (Wildman–Crippen MR) is 159 cm³/mol. The Bertz CT molecular complexity index is 1350. The molecular weight excluding hydrogens is 609 g/mol. The second kappa shape index (κ2) is 13.6. The van der Waals surface area contributed by atoms with Crippen LogP contribution in [-0.4, -0.2) is 32.3 Å². The summed E-state index contributed by atoms with van der Waals surface area (Å²) in [6.45, 7) is 12.4. The highest BCUT2D eigenvalue weighted by molar-refractivity contribution is 9.10. The van der Waals surface area contributed by atoms with Crippen molar-refractivity contribution in [1.82, 2.24) is 20.1 Å². The van der Waals surface area contributed by atoms with Crippen molar-refractivity contribution < 1.29 is 9.59 Å². The molecule has 1 atom stereocenters. The van der Waals surface area contributed by atoms with Crippen LogP contribution in [0.1, 0.15) is 53.6 Å². The van der Waals surface area contributed by atoms with Crippen LogP contribution in [0.15, 0.2) is 52.6 Å². The van der Waals surface area contributed by atoms with Gasteiger partial charge in [-0.2, -0.15) is 0 Å². The average molecular weight is 639 g/mol. The highest BCUT2D eigenvalue weighted by Crippen LogP contribution is 2.28. The van der Waals surface area contributed by atoms with Crippen molar-refractivity contribution in [1.29, 1.82) is 0 Å². The third-order valence-electron chi connectivity index (χ3n) is 5.88. The van der Waals surface area contributed by atoms with Gasteiger partial charge in [0.05, 0.1) is 22.4 Å². The number of amides is 2. The normalized spacial score (nSPS) is 11.9. The molecule has 7 nitrogen and oxygen atoms in total. The number of anilines is 1. The Morgan fingerprint density at radius 2 is 1.89 bits per heavy atom. The summed E-state index contributed by atoms with van der Waals surface area (Å²) in [7, 11) is 0. The van der Waals surface area contributed by atoms with Gasteiger partial charge < -0.3 is 15.2 Å². The highest BCUT2D eigenvalue weighted by atomic mass is 79.9. The summed E-state index contributed by atoms with van der Waals surface area (Å²) in [5.41, 5.74) is 3.17. The Balaban J connectivity index is 1.79. The lowest BCUT2D eigenvalue weighted by molar-refractivity contribution is -0.113. The summed E-state index contributed by atoms with van der Waals surface area (Å²) in [5, 5.41) is 16.1. The molecule has 0 aliphatic heterocycles. The molecule has 0 aliphatic rings. The van der Waals surface area contributed by atoms with Crippen molar-refractivity contribution in [2.75, 3.05) is 11.1 Å². The monoisotopic (exact) mass is 637 g/mol. The van der Waals surface area contributed by atoms with Crippen LogP contribution in [0.25, 0.3) is 0 Å². The molecule has 0 radical (unpaired) electrons. The van der Waals surface area contributed by atoms with Crippen molar-refractivity contribution in [2.24, 2.45) is 5.92 Å². The standard InChI is InChI=1S/C27H30BrCl2N5O2S/c1-6-11-35-25(23(12-15(2)3)32-26(37)19-8-7-18(29)13-21(19)30)33-34-27(35)38-14-24(36)31-22-10-9-20(28)16(4)17(22)5/h6-10,13,15,23H,1,11-12,14H2,2-5H3,(H,31,36)(H,32,37)/t23-/m1/s1. The molecule has 0 saturated heterocycles. The second-order valence-corrected chi connectivity index (χ2v) is 11.8. The van der Waals surface area contributed by atoms with Gasteiger partial charge in [-0.1, -0.05) is 70.8 Å². The number of halogens is 3. The first-order valence-electron chi connectivity index (χ1n) is 12.0. The van der Waals surface area contributed by atoms with E-state index in [1.165, 1.54) is 17.8 Å². The number of carbonyl (C=O) groups excluding carboxylic acids is 2. The summed E-state index contributed by atoms with van der Waals surface area (Å²) >= 11 is 17.0. The highest BCUT2D eigenvalue weighted by Gasteiger charge is 2.25. The molecule has 11 heteroatoms. The minimum Gasteiger partial charge on any atom is -0.342 e.